The van der Waals surface area contributed by atoms with Crippen molar-refractivity contribution in [3.63, 3.8) is 0 Å². The van der Waals surface area contributed by atoms with Crippen LogP contribution in [0.4, 0.5) is 0 Å². The van der Waals surface area contributed by atoms with Gasteiger partial charge in [-0.2, -0.15) is 0 Å². The second kappa shape index (κ2) is 4.38. The van der Waals surface area contributed by atoms with Gasteiger partial charge in [0.25, 0.3) is 0 Å². The maximum Gasteiger partial charge on any atom is 0.0992 e. The molecule has 0 amide bonds. The minimum atomic E-state index is 0.0592. The van der Waals surface area contributed by atoms with E-state index in [1.807, 2.05) is 6.07 Å². The van der Waals surface area contributed by atoms with Gasteiger partial charge in [0.05, 0.1) is 8.67 Å². The van der Waals surface area contributed by atoms with Crippen molar-refractivity contribution < 1.29 is 0 Å². The highest BCUT2D eigenvalue weighted by atomic mass is 35.5. The van der Waals surface area contributed by atoms with Gasteiger partial charge in [0.15, 0.2) is 0 Å². The molecule has 4 bridgehead atoms. The van der Waals surface area contributed by atoms with E-state index in [-0.39, 0.29) is 11.5 Å². The highest BCUT2D eigenvalue weighted by molar-refractivity contribution is 7.20. The normalized spacial score (nSPS) is 44.0. The summed E-state index contributed by atoms with van der Waals surface area (Å²) in [5, 5.41) is 0. The topological polar surface area (TPSA) is 26.0 Å². The Morgan fingerprint density at radius 1 is 1.25 bits per heavy atom. The summed E-state index contributed by atoms with van der Waals surface area (Å²) in [5.41, 5.74) is 8.61. The minimum Gasteiger partial charge on any atom is -0.323 e. The third-order valence-corrected chi connectivity index (χ3v) is 7.59. The highest BCUT2D eigenvalue weighted by Crippen LogP contribution is 2.68. The molecule has 3 atom stereocenters. The first-order valence-electron chi connectivity index (χ1n) is 7.60. The van der Waals surface area contributed by atoms with Crippen LogP contribution in [0.1, 0.15) is 57.1 Å². The van der Waals surface area contributed by atoms with Crippen molar-refractivity contribution in [3.05, 3.63) is 20.3 Å². The van der Waals surface area contributed by atoms with E-state index in [4.69, 9.17) is 28.9 Å². The Morgan fingerprint density at radius 2 is 1.90 bits per heavy atom. The summed E-state index contributed by atoms with van der Waals surface area (Å²) in [6, 6.07) is 2.06. The van der Waals surface area contributed by atoms with Gasteiger partial charge in [0.1, 0.15) is 0 Å². The lowest BCUT2D eigenvalue weighted by Crippen LogP contribution is -2.54. The molecule has 0 aliphatic heterocycles. The average molecular weight is 330 g/mol. The molecule has 4 saturated carbocycles. The number of hydrogen-bond donors (Lipinski definition) is 1. The predicted octanol–water partition coefficient (Wildman–Crippen LogP) is 5.66. The van der Waals surface area contributed by atoms with Crippen LogP contribution in [0.5, 0.6) is 0 Å². The quantitative estimate of drug-likeness (QED) is 0.744. The minimum absolute atomic E-state index is 0.0592. The van der Waals surface area contributed by atoms with Crippen molar-refractivity contribution in [1.29, 1.82) is 0 Å². The van der Waals surface area contributed by atoms with Crippen LogP contribution in [0.3, 0.4) is 0 Å². The summed E-state index contributed by atoms with van der Waals surface area (Å²) in [7, 11) is 0. The molecular weight excluding hydrogens is 309 g/mol. The first-order chi connectivity index (χ1) is 9.39. The summed E-state index contributed by atoms with van der Waals surface area (Å²) in [6.07, 6.45) is 8.13. The van der Waals surface area contributed by atoms with E-state index in [0.717, 1.165) is 26.1 Å². The van der Waals surface area contributed by atoms with E-state index in [9.17, 15) is 0 Å². The maximum absolute atomic E-state index is 6.73. The van der Waals surface area contributed by atoms with Gasteiger partial charge in [-0.1, -0.05) is 30.1 Å². The fraction of sp³-hybridized carbons (Fsp3) is 0.750. The van der Waals surface area contributed by atoms with Crippen molar-refractivity contribution in [2.45, 2.75) is 51.5 Å². The Bertz CT molecular complexity index is 539. The third kappa shape index (κ3) is 1.99. The first kappa shape index (κ1) is 13.9. The molecule has 2 N–H and O–H groups in total. The fourth-order valence-corrected chi connectivity index (χ4v) is 7.61. The molecule has 1 aromatic rings. The third-order valence-electron chi connectivity index (χ3n) is 6.08. The molecule has 1 nitrogen and oxygen atoms in total. The monoisotopic (exact) mass is 329 g/mol. The lowest BCUT2D eigenvalue weighted by Gasteiger charge is -2.63. The lowest BCUT2D eigenvalue weighted by atomic mass is 9.43. The van der Waals surface area contributed by atoms with Crippen LogP contribution in [-0.4, -0.2) is 0 Å². The smallest absolute Gasteiger partial charge is 0.0992 e. The molecule has 4 aliphatic carbocycles. The summed E-state index contributed by atoms with van der Waals surface area (Å²) < 4.78 is 1.56. The van der Waals surface area contributed by atoms with Gasteiger partial charge in [-0.05, 0) is 67.3 Å². The number of thiophene rings is 1. The van der Waals surface area contributed by atoms with Crippen LogP contribution in [0.25, 0.3) is 0 Å². The zero-order valence-electron chi connectivity index (χ0n) is 11.8. The summed E-state index contributed by atoms with van der Waals surface area (Å²) in [6.45, 7) is 2.48. The highest BCUT2D eigenvalue weighted by Gasteiger charge is 2.58. The Labute approximate surface area is 134 Å². The van der Waals surface area contributed by atoms with Crippen molar-refractivity contribution in [3.8, 4) is 0 Å². The molecule has 5 rings (SSSR count). The van der Waals surface area contributed by atoms with Crippen molar-refractivity contribution >= 4 is 34.5 Å². The van der Waals surface area contributed by atoms with Gasteiger partial charge in [-0.25, -0.2) is 0 Å². The standard InChI is InChI=1S/C16H21Cl2NS/c1-15-4-9-2-10(5-15)7-16(6-9,8-15)13(19)11-3-12(17)20-14(11)18/h3,9-10,13H,2,4-8,19H2,1H3. The summed E-state index contributed by atoms with van der Waals surface area (Å²) >= 11 is 13.9. The Morgan fingerprint density at radius 3 is 2.40 bits per heavy atom. The van der Waals surface area contributed by atoms with E-state index < -0.39 is 0 Å². The molecule has 4 fully saturated rings. The molecule has 1 aromatic heterocycles. The van der Waals surface area contributed by atoms with Crippen molar-refractivity contribution in [1.82, 2.24) is 0 Å². The second-order valence-corrected chi connectivity index (χ2v) is 10.2. The fourth-order valence-electron chi connectivity index (χ4n) is 6.06. The van der Waals surface area contributed by atoms with E-state index in [1.54, 1.807) is 0 Å². The van der Waals surface area contributed by atoms with E-state index in [0.29, 0.717) is 5.41 Å². The molecular formula is C16H21Cl2NS. The van der Waals surface area contributed by atoms with Gasteiger partial charge < -0.3 is 5.73 Å². The Hall–Kier alpha value is 0.240. The number of halogens is 2. The molecule has 0 spiro atoms. The number of rotatable bonds is 2. The van der Waals surface area contributed by atoms with Crippen LogP contribution in [-0.2, 0) is 0 Å². The average Bonchev–Trinajstić information content (AvgIpc) is 2.64. The van der Waals surface area contributed by atoms with Gasteiger partial charge in [0, 0.05) is 11.6 Å². The van der Waals surface area contributed by atoms with Gasteiger partial charge in [0.2, 0.25) is 0 Å². The summed E-state index contributed by atoms with van der Waals surface area (Å²) in [4.78, 5) is 0. The van der Waals surface area contributed by atoms with Crippen LogP contribution in [0, 0.1) is 22.7 Å². The van der Waals surface area contributed by atoms with Crippen LogP contribution in [0.15, 0.2) is 6.07 Å². The van der Waals surface area contributed by atoms with Crippen LogP contribution < -0.4 is 5.73 Å². The SMILES string of the molecule is CC12CC3CC(C1)CC(C(N)c1cc(Cl)sc1Cl)(C3)C2. The van der Waals surface area contributed by atoms with E-state index in [1.165, 1.54) is 49.9 Å². The molecule has 4 aliphatic rings. The van der Waals surface area contributed by atoms with Crippen LogP contribution >= 0.6 is 34.5 Å². The van der Waals surface area contributed by atoms with E-state index >= 15 is 0 Å². The largest absolute Gasteiger partial charge is 0.323 e. The zero-order chi connectivity index (χ0) is 14.1. The van der Waals surface area contributed by atoms with Crippen LogP contribution in [0.2, 0.25) is 8.67 Å². The summed E-state index contributed by atoms with van der Waals surface area (Å²) in [5.74, 6) is 1.78. The second-order valence-electron chi connectivity index (χ2n) is 7.89. The number of nitrogens with two attached hydrogens (primary N) is 1. The van der Waals surface area contributed by atoms with Gasteiger partial charge >= 0.3 is 0 Å². The van der Waals surface area contributed by atoms with Crippen molar-refractivity contribution in [2.24, 2.45) is 28.4 Å². The van der Waals surface area contributed by atoms with Gasteiger partial charge in [-0.15, -0.1) is 11.3 Å². The first-order valence-corrected chi connectivity index (χ1v) is 9.17. The molecule has 3 unspecified atom stereocenters. The Kier molecular flexibility index (Phi) is 3.04. The predicted molar refractivity (Wildman–Crippen MR) is 86.5 cm³/mol. The molecule has 4 heteroatoms. The van der Waals surface area contributed by atoms with E-state index in [2.05, 4.69) is 6.92 Å². The lowest BCUT2D eigenvalue weighted by molar-refractivity contribution is -0.113. The van der Waals surface area contributed by atoms with Gasteiger partial charge in [-0.3, -0.25) is 0 Å². The molecule has 0 radical (unpaired) electrons. The molecule has 110 valence electrons. The molecule has 0 saturated heterocycles. The molecule has 0 aromatic carbocycles. The molecule has 1 heterocycles. The zero-order valence-corrected chi connectivity index (χ0v) is 14.1. The van der Waals surface area contributed by atoms with Crippen molar-refractivity contribution in [2.75, 3.05) is 0 Å². The maximum atomic E-state index is 6.73. The molecule has 20 heavy (non-hydrogen) atoms. The Balaban J connectivity index is 1.72. The number of hydrogen-bond acceptors (Lipinski definition) is 2.